The fraction of sp³-hybridized carbons (Fsp3) is 0.200. The third-order valence-corrected chi connectivity index (χ3v) is 5.12. The van der Waals surface area contributed by atoms with Crippen molar-refractivity contribution in [1.82, 2.24) is 14.9 Å². The van der Waals surface area contributed by atoms with Crippen molar-refractivity contribution in [2.24, 2.45) is 0 Å². The van der Waals surface area contributed by atoms with Crippen LogP contribution in [0.2, 0.25) is 0 Å². The minimum atomic E-state index is -0.172. The van der Waals surface area contributed by atoms with Crippen molar-refractivity contribution in [2.45, 2.75) is 32.4 Å². The van der Waals surface area contributed by atoms with Crippen molar-refractivity contribution < 1.29 is 4.79 Å². The molecule has 0 aliphatic carbocycles. The van der Waals surface area contributed by atoms with Crippen LogP contribution in [0.1, 0.15) is 36.3 Å². The summed E-state index contributed by atoms with van der Waals surface area (Å²) in [6.07, 6.45) is 1.20. The number of nitrogens with zero attached hydrogens (tertiary/aromatic N) is 2. The standard InChI is InChI=1S/C25H25N3O/c1-19(26-24(29)17-16-20-10-4-2-5-11-20)25-27-22-14-8-9-15-23(22)28(25)18-21-12-6-3-7-13-21/h2-15,19H,16-18H2,1H3,(H,26,29). The molecule has 1 N–H and O–H groups in total. The minimum absolute atomic E-state index is 0.0414. The van der Waals surface area contributed by atoms with Crippen LogP contribution in [0.25, 0.3) is 11.0 Å². The van der Waals surface area contributed by atoms with Crippen molar-refractivity contribution in [3.63, 3.8) is 0 Å². The zero-order chi connectivity index (χ0) is 20.1. The fourth-order valence-electron chi connectivity index (χ4n) is 3.64. The number of aryl methyl sites for hydroxylation is 1. The third-order valence-electron chi connectivity index (χ3n) is 5.12. The summed E-state index contributed by atoms with van der Waals surface area (Å²) in [5.41, 5.74) is 4.41. The van der Waals surface area contributed by atoms with E-state index in [4.69, 9.17) is 4.98 Å². The van der Waals surface area contributed by atoms with Crippen LogP contribution in [0.15, 0.2) is 84.9 Å². The van der Waals surface area contributed by atoms with Gasteiger partial charge < -0.3 is 9.88 Å². The van der Waals surface area contributed by atoms with Crippen molar-refractivity contribution in [3.8, 4) is 0 Å². The number of aromatic nitrogens is 2. The quantitative estimate of drug-likeness (QED) is 0.494. The average Bonchev–Trinajstić information content (AvgIpc) is 3.12. The second kappa shape index (κ2) is 8.74. The van der Waals surface area contributed by atoms with Crippen molar-refractivity contribution in [1.29, 1.82) is 0 Å². The van der Waals surface area contributed by atoms with Gasteiger partial charge in [0.1, 0.15) is 5.82 Å². The normalized spacial score (nSPS) is 12.0. The lowest BCUT2D eigenvalue weighted by Gasteiger charge is -2.16. The molecule has 0 spiro atoms. The Kier molecular flexibility index (Phi) is 5.71. The molecule has 0 saturated carbocycles. The monoisotopic (exact) mass is 383 g/mol. The number of carbonyl (C=O) groups excluding carboxylic acids is 1. The molecule has 29 heavy (non-hydrogen) atoms. The molecule has 1 amide bonds. The molecule has 0 saturated heterocycles. The van der Waals surface area contributed by atoms with E-state index in [9.17, 15) is 4.79 Å². The molecule has 1 atom stereocenters. The number of para-hydroxylation sites is 2. The Hall–Kier alpha value is -3.40. The average molecular weight is 383 g/mol. The first-order valence-corrected chi connectivity index (χ1v) is 10.0. The maximum absolute atomic E-state index is 12.5. The van der Waals surface area contributed by atoms with Crippen LogP contribution in [0.4, 0.5) is 0 Å². The largest absolute Gasteiger partial charge is 0.346 e. The van der Waals surface area contributed by atoms with E-state index in [-0.39, 0.29) is 11.9 Å². The number of imidazole rings is 1. The molecule has 0 fully saturated rings. The zero-order valence-corrected chi connectivity index (χ0v) is 16.6. The van der Waals surface area contributed by atoms with E-state index in [1.54, 1.807) is 0 Å². The number of hydrogen-bond donors (Lipinski definition) is 1. The maximum atomic E-state index is 12.5. The zero-order valence-electron chi connectivity index (χ0n) is 16.6. The number of amides is 1. The fourth-order valence-corrected chi connectivity index (χ4v) is 3.64. The highest BCUT2D eigenvalue weighted by Crippen LogP contribution is 2.22. The van der Waals surface area contributed by atoms with Crippen LogP contribution in [0, 0.1) is 0 Å². The molecule has 4 heteroatoms. The lowest BCUT2D eigenvalue weighted by molar-refractivity contribution is -0.121. The molecule has 4 rings (SSSR count). The van der Waals surface area contributed by atoms with Gasteiger partial charge in [0.05, 0.1) is 17.1 Å². The Morgan fingerprint density at radius 2 is 1.52 bits per heavy atom. The van der Waals surface area contributed by atoms with Gasteiger partial charge in [-0.3, -0.25) is 4.79 Å². The highest BCUT2D eigenvalue weighted by atomic mass is 16.1. The molecular formula is C25H25N3O. The molecule has 1 aromatic heterocycles. The molecule has 0 bridgehead atoms. The predicted molar refractivity (Wildman–Crippen MR) is 117 cm³/mol. The maximum Gasteiger partial charge on any atom is 0.220 e. The summed E-state index contributed by atoms with van der Waals surface area (Å²) in [7, 11) is 0. The van der Waals surface area contributed by atoms with Gasteiger partial charge >= 0.3 is 0 Å². The molecular weight excluding hydrogens is 358 g/mol. The first-order valence-electron chi connectivity index (χ1n) is 10.0. The van der Waals surface area contributed by atoms with Crippen LogP contribution < -0.4 is 5.32 Å². The topological polar surface area (TPSA) is 46.9 Å². The Labute approximate surface area is 171 Å². The smallest absolute Gasteiger partial charge is 0.220 e. The van der Waals surface area contributed by atoms with Crippen molar-refractivity contribution in [2.75, 3.05) is 0 Å². The summed E-state index contributed by atoms with van der Waals surface area (Å²) in [5, 5.41) is 3.13. The number of carbonyl (C=O) groups is 1. The van der Waals surface area contributed by atoms with Crippen LogP contribution in [0.5, 0.6) is 0 Å². The lowest BCUT2D eigenvalue weighted by atomic mass is 10.1. The number of rotatable bonds is 7. The highest BCUT2D eigenvalue weighted by molar-refractivity contribution is 5.78. The van der Waals surface area contributed by atoms with E-state index in [1.807, 2.05) is 61.5 Å². The summed E-state index contributed by atoms with van der Waals surface area (Å²) in [6, 6.07) is 28.4. The van der Waals surface area contributed by atoms with Gasteiger partial charge in [-0.05, 0) is 36.6 Å². The van der Waals surface area contributed by atoms with E-state index in [1.165, 1.54) is 11.1 Å². The number of nitrogens with one attached hydrogen (secondary N) is 1. The molecule has 4 aromatic rings. The third kappa shape index (κ3) is 4.54. The minimum Gasteiger partial charge on any atom is -0.346 e. The van der Waals surface area contributed by atoms with Crippen LogP contribution >= 0.6 is 0 Å². The van der Waals surface area contributed by atoms with Gasteiger partial charge in [-0.15, -0.1) is 0 Å². The summed E-state index contributed by atoms with van der Waals surface area (Å²) in [5.74, 6) is 0.919. The summed E-state index contributed by atoms with van der Waals surface area (Å²) >= 11 is 0. The Morgan fingerprint density at radius 1 is 0.897 bits per heavy atom. The van der Waals surface area contributed by atoms with Crippen LogP contribution in [-0.4, -0.2) is 15.5 Å². The van der Waals surface area contributed by atoms with E-state index >= 15 is 0 Å². The number of fused-ring (bicyclic) bond motifs is 1. The Bertz CT molecular complexity index is 1090. The molecule has 1 heterocycles. The van der Waals surface area contributed by atoms with Crippen molar-refractivity contribution in [3.05, 3.63) is 102 Å². The van der Waals surface area contributed by atoms with Crippen molar-refractivity contribution >= 4 is 16.9 Å². The number of hydrogen-bond acceptors (Lipinski definition) is 2. The SMILES string of the molecule is CC(NC(=O)CCc1ccccc1)c1nc2ccccc2n1Cc1ccccc1. The molecule has 1 unspecified atom stereocenters. The summed E-state index contributed by atoms with van der Waals surface area (Å²) < 4.78 is 2.20. The van der Waals surface area contributed by atoms with Gasteiger partial charge in [0.25, 0.3) is 0 Å². The molecule has 0 radical (unpaired) electrons. The highest BCUT2D eigenvalue weighted by Gasteiger charge is 2.18. The first-order chi connectivity index (χ1) is 14.2. The lowest BCUT2D eigenvalue weighted by Crippen LogP contribution is -2.29. The summed E-state index contributed by atoms with van der Waals surface area (Å²) in [4.78, 5) is 17.4. The van der Waals surface area contributed by atoms with E-state index in [0.29, 0.717) is 6.42 Å². The van der Waals surface area contributed by atoms with Crippen LogP contribution in [-0.2, 0) is 17.8 Å². The first kappa shape index (κ1) is 18.9. The van der Waals surface area contributed by atoms with Gasteiger partial charge in [-0.1, -0.05) is 72.8 Å². The van der Waals surface area contributed by atoms with Gasteiger partial charge in [0, 0.05) is 13.0 Å². The Morgan fingerprint density at radius 3 is 2.24 bits per heavy atom. The molecule has 146 valence electrons. The van der Waals surface area contributed by atoms with E-state index in [2.05, 4.69) is 40.2 Å². The van der Waals surface area contributed by atoms with Gasteiger partial charge in [0.15, 0.2) is 0 Å². The van der Waals surface area contributed by atoms with Gasteiger partial charge in [0.2, 0.25) is 5.91 Å². The summed E-state index contributed by atoms with van der Waals surface area (Å²) in [6.45, 7) is 2.73. The molecule has 0 aliphatic rings. The molecule has 3 aromatic carbocycles. The molecule has 0 aliphatic heterocycles. The number of benzene rings is 3. The Balaban J connectivity index is 1.52. The van der Waals surface area contributed by atoms with Crippen LogP contribution in [0.3, 0.4) is 0 Å². The van der Waals surface area contributed by atoms with E-state index in [0.717, 1.165) is 29.8 Å². The van der Waals surface area contributed by atoms with Gasteiger partial charge in [-0.2, -0.15) is 0 Å². The predicted octanol–water partition coefficient (Wildman–Crippen LogP) is 4.89. The van der Waals surface area contributed by atoms with Gasteiger partial charge in [-0.25, -0.2) is 4.98 Å². The second-order valence-electron chi connectivity index (χ2n) is 7.31. The second-order valence-corrected chi connectivity index (χ2v) is 7.31. The van der Waals surface area contributed by atoms with E-state index < -0.39 is 0 Å². The molecule has 4 nitrogen and oxygen atoms in total.